The lowest BCUT2D eigenvalue weighted by molar-refractivity contribution is -0.134. The molecule has 1 aromatic carbocycles. The zero-order valence-corrected chi connectivity index (χ0v) is 15.8. The quantitative estimate of drug-likeness (QED) is 0.705. The molecule has 0 aromatic heterocycles. The summed E-state index contributed by atoms with van der Waals surface area (Å²) in [7, 11) is -2.55. The van der Waals surface area contributed by atoms with Gasteiger partial charge in [0, 0.05) is 7.11 Å². The van der Waals surface area contributed by atoms with Crippen LogP contribution >= 0.6 is 0 Å². The van der Waals surface area contributed by atoms with Gasteiger partial charge in [0.2, 0.25) is 5.91 Å². The van der Waals surface area contributed by atoms with Gasteiger partial charge in [-0.25, -0.2) is 8.42 Å². The first-order valence-corrected chi connectivity index (χ1v) is 9.76. The minimum Gasteiger partial charge on any atom is -0.480 e. The van der Waals surface area contributed by atoms with Crippen LogP contribution in [0.1, 0.15) is 25.0 Å². The van der Waals surface area contributed by atoms with E-state index in [9.17, 15) is 18.0 Å². The number of amides is 1. The highest BCUT2D eigenvalue weighted by Gasteiger charge is 2.30. The molecular weight excluding hydrogens is 346 g/mol. The number of carbonyl (C=O) groups excluding carboxylic acids is 1. The van der Waals surface area contributed by atoms with Crippen LogP contribution in [0.15, 0.2) is 18.2 Å². The average Bonchev–Trinajstić information content (AvgIpc) is 2.47. The number of hydrogen-bond donors (Lipinski definition) is 1. The predicted octanol–water partition coefficient (Wildman–Crippen LogP) is 1.42. The molecule has 1 rings (SSSR count). The van der Waals surface area contributed by atoms with Gasteiger partial charge in [0.05, 0.1) is 18.3 Å². The number of anilines is 1. The van der Waals surface area contributed by atoms with E-state index in [4.69, 9.17) is 9.84 Å². The third-order valence-corrected chi connectivity index (χ3v) is 5.12. The van der Waals surface area contributed by atoms with Gasteiger partial charge < -0.3 is 14.7 Å². The number of rotatable bonds is 9. The standard InChI is InChI=1S/C17H25NO6S/c1-5-14-8-6-7-12(2)17(14)18(13(3)9-24-4)15(19)10-25(22,23)11-16(20)21/h6-8,13H,5,9-11H2,1-4H3,(H,20,21)/t13-/m0/s1. The van der Waals surface area contributed by atoms with Crippen molar-refractivity contribution >= 4 is 27.4 Å². The highest BCUT2D eigenvalue weighted by atomic mass is 32.2. The summed E-state index contributed by atoms with van der Waals surface area (Å²) in [6, 6.07) is 5.21. The van der Waals surface area contributed by atoms with Crippen molar-refractivity contribution in [2.45, 2.75) is 33.2 Å². The number of sulfone groups is 1. The smallest absolute Gasteiger partial charge is 0.318 e. The van der Waals surface area contributed by atoms with Crippen molar-refractivity contribution in [1.82, 2.24) is 0 Å². The number of benzene rings is 1. The number of ether oxygens (including phenoxy) is 1. The summed E-state index contributed by atoms with van der Waals surface area (Å²) in [5.41, 5.74) is 2.41. The molecule has 0 fully saturated rings. The van der Waals surface area contributed by atoms with Crippen LogP contribution in [-0.4, -0.2) is 56.7 Å². The molecule has 0 aliphatic heterocycles. The molecule has 7 nitrogen and oxygen atoms in total. The number of aryl methyl sites for hydroxylation is 2. The van der Waals surface area contributed by atoms with Gasteiger partial charge in [0.25, 0.3) is 0 Å². The molecule has 140 valence electrons. The summed E-state index contributed by atoms with van der Waals surface area (Å²) in [6.07, 6.45) is 0.669. The molecule has 0 saturated heterocycles. The molecule has 0 saturated carbocycles. The van der Waals surface area contributed by atoms with Gasteiger partial charge in [0.1, 0.15) is 11.5 Å². The number of carbonyl (C=O) groups is 2. The molecule has 1 amide bonds. The van der Waals surface area contributed by atoms with Crippen LogP contribution in [0.25, 0.3) is 0 Å². The molecule has 1 atom stereocenters. The van der Waals surface area contributed by atoms with E-state index in [2.05, 4.69) is 0 Å². The monoisotopic (exact) mass is 371 g/mol. The Hall–Kier alpha value is -1.93. The molecule has 1 aromatic rings. The fourth-order valence-electron chi connectivity index (χ4n) is 2.75. The molecule has 0 spiro atoms. The van der Waals surface area contributed by atoms with Crippen molar-refractivity contribution in [2.75, 3.05) is 30.1 Å². The summed E-state index contributed by atoms with van der Waals surface area (Å²) in [5, 5.41) is 8.71. The van der Waals surface area contributed by atoms with Gasteiger partial charge >= 0.3 is 5.97 Å². The molecule has 8 heteroatoms. The highest BCUT2D eigenvalue weighted by molar-refractivity contribution is 7.92. The molecule has 25 heavy (non-hydrogen) atoms. The lowest BCUT2D eigenvalue weighted by atomic mass is 10.0. The largest absolute Gasteiger partial charge is 0.480 e. The maximum absolute atomic E-state index is 12.8. The van der Waals surface area contributed by atoms with E-state index in [1.54, 1.807) is 6.92 Å². The fraction of sp³-hybridized carbons (Fsp3) is 0.529. The molecular formula is C17H25NO6S. The highest BCUT2D eigenvalue weighted by Crippen LogP contribution is 2.28. The first-order chi connectivity index (χ1) is 11.6. The van der Waals surface area contributed by atoms with Crippen molar-refractivity contribution in [3.63, 3.8) is 0 Å². The lowest BCUT2D eigenvalue weighted by Gasteiger charge is -2.32. The third-order valence-electron chi connectivity index (χ3n) is 3.75. The summed E-state index contributed by atoms with van der Waals surface area (Å²) in [4.78, 5) is 24.9. The van der Waals surface area contributed by atoms with Crippen LogP contribution in [0.2, 0.25) is 0 Å². The number of aliphatic carboxylic acids is 1. The van der Waals surface area contributed by atoms with Crippen LogP contribution in [0.3, 0.4) is 0 Å². The van der Waals surface area contributed by atoms with Crippen LogP contribution < -0.4 is 4.90 Å². The maximum atomic E-state index is 12.8. The van der Waals surface area contributed by atoms with E-state index in [0.29, 0.717) is 12.1 Å². The van der Waals surface area contributed by atoms with Crippen molar-refractivity contribution in [2.24, 2.45) is 0 Å². The van der Waals surface area contributed by atoms with Gasteiger partial charge in [-0.15, -0.1) is 0 Å². The third kappa shape index (κ3) is 5.82. The number of hydrogen-bond acceptors (Lipinski definition) is 5. The van der Waals surface area contributed by atoms with Crippen LogP contribution in [0.4, 0.5) is 5.69 Å². The second-order valence-electron chi connectivity index (χ2n) is 5.93. The van der Waals surface area contributed by atoms with E-state index < -0.39 is 39.3 Å². The van der Waals surface area contributed by atoms with Gasteiger partial charge in [-0.2, -0.15) is 0 Å². The van der Waals surface area contributed by atoms with Crippen molar-refractivity contribution in [3.05, 3.63) is 29.3 Å². The maximum Gasteiger partial charge on any atom is 0.318 e. The molecule has 0 heterocycles. The topological polar surface area (TPSA) is 101 Å². The van der Waals surface area contributed by atoms with Crippen molar-refractivity contribution < 1.29 is 27.9 Å². The zero-order valence-electron chi connectivity index (χ0n) is 15.0. The Morgan fingerprint density at radius 3 is 2.44 bits per heavy atom. The minimum absolute atomic E-state index is 0.224. The minimum atomic E-state index is -4.05. The van der Waals surface area contributed by atoms with Crippen molar-refractivity contribution in [3.8, 4) is 0 Å². The Morgan fingerprint density at radius 1 is 1.28 bits per heavy atom. The Labute approximate surface area is 148 Å². The second kappa shape index (κ2) is 8.96. The zero-order chi connectivity index (χ0) is 19.2. The van der Waals surface area contributed by atoms with E-state index >= 15 is 0 Å². The number of nitrogens with zero attached hydrogens (tertiary/aromatic N) is 1. The Morgan fingerprint density at radius 2 is 1.92 bits per heavy atom. The Balaban J connectivity index is 3.31. The number of carboxylic acid groups (broad SMARTS) is 1. The number of carboxylic acids is 1. The van der Waals surface area contributed by atoms with Gasteiger partial charge in [0.15, 0.2) is 9.84 Å². The second-order valence-corrected chi connectivity index (χ2v) is 7.99. The van der Waals surface area contributed by atoms with Crippen molar-refractivity contribution in [1.29, 1.82) is 0 Å². The van der Waals surface area contributed by atoms with E-state index in [0.717, 1.165) is 11.1 Å². The predicted molar refractivity (Wildman–Crippen MR) is 95.7 cm³/mol. The number of methoxy groups -OCH3 is 1. The summed E-state index contributed by atoms with van der Waals surface area (Å²) >= 11 is 0. The lowest BCUT2D eigenvalue weighted by Crippen LogP contribution is -2.45. The molecule has 0 bridgehead atoms. The molecule has 0 aliphatic carbocycles. The fourth-order valence-corrected chi connectivity index (χ4v) is 3.75. The SMILES string of the molecule is CCc1cccc(C)c1N(C(=O)CS(=O)(=O)CC(=O)O)[C@@H](C)COC. The number of para-hydroxylation sites is 1. The Kier molecular flexibility index (Phi) is 7.57. The van der Waals surface area contributed by atoms with Gasteiger partial charge in [-0.3, -0.25) is 9.59 Å². The summed E-state index contributed by atoms with van der Waals surface area (Å²) in [6.45, 7) is 5.78. The summed E-state index contributed by atoms with van der Waals surface area (Å²) < 4.78 is 29.0. The molecule has 1 N–H and O–H groups in total. The first-order valence-electron chi connectivity index (χ1n) is 7.94. The van der Waals surface area contributed by atoms with Gasteiger partial charge in [-0.05, 0) is 31.4 Å². The summed E-state index contributed by atoms with van der Waals surface area (Å²) in [5.74, 6) is -4.06. The molecule has 0 radical (unpaired) electrons. The average molecular weight is 371 g/mol. The normalized spacial score (nSPS) is 12.6. The molecule has 0 aliphatic rings. The first kappa shape index (κ1) is 21.1. The molecule has 0 unspecified atom stereocenters. The van der Waals surface area contributed by atoms with E-state index in [1.807, 2.05) is 32.0 Å². The van der Waals surface area contributed by atoms with Crippen LogP contribution in [0.5, 0.6) is 0 Å². The Bertz CT molecular complexity index is 729. The van der Waals surface area contributed by atoms with Crippen LogP contribution in [0, 0.1) is 6.92 Å². The van der Waals surface area contributed by atoms with Gasteiger partial charge in [-0.1, -0.05) is 25.1 Å². The van der Waals surface area contributed by atoms with E-state index in [1.165, 1.54) is 12.0 Å². The van der Waals surface area contributed by atoms with E-state index in [-0.39, 0.29) is 6.61 Å². The van der Waals surface area contributed by atoms with Crippen LogP contribution in [-0.2, 0) is 30.6 Å².